The zero-order valence-electron chi connectivity index (χ0n) is 16.9. The van der Waals surface area contributed by atoms with Gasteiger partial charge in [0, 0.05) is 50.7 Å². The van der Waals surface area contributed by atoms with E-state index < -0.39 is 0 Å². The number of para-hydroxylation sites is 1. The molecule has 0 aromatic heterocycles. The molecule has 27 heavy (non-hydrogen) atoms. The Morgan fingerprint density at radius 1 is 1.33 bits per heavy atom. The Morgan fingerprint density at radius 3 is 2.70 bits per heavy atom. The molecule has 1 heterocycles. The molecule has 2 aliphatic rings. The lowest BCUT2D eigenvalue weighted by Crippen LogP contribution is -2.46. The van der Waals surface area contributed by atoms with Gasteiger partial charge in [-0.05, 0) is 25.3 Å². The molecule has 0 radical (unpaired) electrons. The lowest BCUT2D eigenvalue weighted by Gasteiger charge is -2.33. The summed E-state index contributed by atoms with van der Waals surface area (Å²) in [6.07, 6.45) is 6.07. The third-order valence-corrected chi connectivity index (χ3v) is 5.95. The molecule has 2 fully saturated rings. The number of aliphatic imine (C=N–C) groups is 1. The van der Waals surface area contributed by atoms with Crippen LogP contribution >= 0.6 is 24.0 Å². The third kappa shape index (κ3) is 5.28. The van der Waals surface area contributed by atoms with Gasteiger partial charge >= 0.3 is 0 Å². The molecule has 3 rings (SSSR count). The zero-order valence-corrected chi connectivity index (χ0v) is 19.2. The van der Waals surface area contributed by atoms with Gasteiger partial charge in [-0.15, -0.1) is 24.0 Å². The van der Waals surface area contributed by atoms with Crippen molar-refractivity contribution in [1.82, 2.24) is 10.2 Å². The molecule has 1 saturated heterocycles. The smallest absolute Gasteiger partial charge is 0.193 e. The van der Waals surface area contributed by atoms with Crippen molar-refractivity contribution in [3.05, 3.63) is 29.8 Å². The number of hydrogen-bond acceptors (Lipinski definition) is 3. The third-order valence-electron chi connectivity index (χ3n) is 5.95. The summed E-state index contributed by atoms with van der Waals surface area (Å²) in [4.78, 5) is 6.76. The molecular formula is C21H34IN3O2. The van der Waals surface area contributed by atoms with E-state index in [0.29, 0.717) is 5.92 Å². The molecule has 152 valence electrons. The molecule has 1 N–H and O–H groups in total. The highest BCUT2D eigenvalue weighted by Gasteiger charge is 2.38. The summed E-state index contributed by atoms with van der Waals surface area (Å²) in [5.41, 5.74) is 1.45. The van der Waals surface area contributed by atoms with Gasteiger partial charge in [0.05, 0.1) is 13.7 Å². The first-order valence-corrected chi connectivity index (χ1v) is 9.81. The number of ether oxygens (including phenoxy) is 2. The number of methoxy groups -OCH3 is 1. The van der Waals surface area contributed by atoms with E-state index in [-0.39, 0.29) is 29.4 Å². The van der Waals surface area contributed by atoms with Crippen molar-refractivity contribution in [2.75, 3.05) is 47.5 Å². The van der Waals surface area contributed by atoms with Gasteiger partial charge < -0.3 is 19.7 Å². The minimum Gasteiger partial charge on any atom is -0.496 e. The predicted molar refractivity (Wildman–Crippen MR) is 121 cm³/mol. The summed E-state index contributed by atoms with van der Waals surface area (Å²) < 4.78 is 11.2. The van der Waals surface area contributed by atoms with Gasteiger partial charge in [0.1, 0.15) is 5.75 Å². The van der Waals surface area contributed by atoms with Crippen LogP contribution in [0.25, 0.3) is 0 Å². The van der Waals surface area contributed by atoms with E-state index >= 15 is 0 Å². The van der Waals surface area contributed by atoms with Crippen molar-refractivity contribution in [2.24, 2.45) is 10.9 Å². The van der Waals surface area contributed by atoms with Gasteiger partial charge in [-0.25, -0.2) is 0 Å². The van der Waals surface area contributed by atoms with Crippen LogP contribution in [0.15, 0.2) is 29.3 Å². The molecule has 1 saturated carbocycles. The van der Waals surface area contributed by atoms with Crippen molar-refractivity contribution in [3.8, 4) is 5.75 Å². The second kappa shape index (κ2) is 10.5. The molecule has 1 unspecified atom stereocenters. The van der Waals surface area contributed by atoms with Crippen molar-refractivity contribution in [3.63, 3.8) is 0 Å². The lowest BCUT2D eigenvalue weighted by atomic mass is 9.78. The quantitative estimate of drug-likeness (QED) is 0.378. The van der Waals surface area contributed by atoms with Crippen molar-refractivity contribution >= 4 is 29.9 Å². The Morgan fingerprint density at radius 2 is 2.07 bits per heavy atom. The molecule has 5 nitrogen and oxygen atoms in total. The van der Waals surface area contributed by atoms with Crippen LogP contribution in [0.1, 0.15) is 37.7 Å². The standard InChI is InChI=1S/C21H33N3O2.HI/c1-22-20(24(2)14-17-10-13-26-15-17)23-16-21(11-6-7-12-21)18-8-4-5-9-19(18)25-3;/h4-5,8-9,17H,6-7,10-16H2,1-3H3,(H,22,23);1H. The van der Waals surface area contributed by atoms with E-state index in [2.05, 4.69) is 46.5 Å². The van der Waals surface area contributed by atoms with Crippen LogP contribution in [-0.4, -0.2) is 58.4 Å². The van der Waals surface area contributed by atoms with Crippen LogP contribution in [-0.2, 0) is 10.2 Å². The average Bonchev–Trinajstić information content (AvgIpc) is 3.35. The van der Waals surface area contributed by atoms with Crippen LogP contribution in [0.3, 0.4) is 0 Å². The molecule has 1 aliphatic heterocycles. The second-order valence-electron chi connectivity index (χ2n) is 7.70. The summed E-state index contributed by atoms with van der Waals surface area (Å²) in [7, 11) is 5.76. The van der Waals surface area contributed by atoms with Crippen molar-refractivity contribution < 1.29 is 9.47 Å². The topological polar surface area (TPSA) is 46.1 Å². The predicted octanol–water partition coefficient (Wildman–Crippen LogP) is 3.67. The minimum atomic E-state index is 0. The number of benzene rings is 1. The molecule has 0 bridgehead atoms. The minimum absolute atomic E-state index is 0. The Balaban J connectivity index is 0.00000261. The second-order valence-corrected chi connectivity index (χ2v) is 7.70. The van der Waals surface area contributed by atoms with Gasteiger partial charge in [-0.1, -0.05) is 31.0 Å². The van der Waals surface area contributed by atoms with Crippen LogP contribution in [0, 0.1) is 5.92 Å². The van der Waals surface area contributed by atoms with E-state index in [1.165, 1.54) is 31.2 Å². The zero-order chi connectivity index (χ0) is 18.4. The molecule has 1 aromatic carbocycles. The molecule has 0 amide bonds. The lowest BCUT2D eigenvalue weighted by molar-refractivity contribution is 0.181. The molecule has 6 heteroatoms. The Labute approximate surface area is 180 Å². The first kappa shape index (κ1) is 22.3. The maximum absolute atomic E-state index is 5.67. The number of guanidine groups is 1. The number of nitrogens with one attached hydrogen (secondary N) is 1. The van der Waals surface area contributed by atoms with E-state index in [9.17, 15) is 0 Å². The Kier molecular flexibility index (Phi) is 8.66. The first-order chi connectivity index (χ1) is 12.7. The fraction of sp³-hybridized carbons (Fsp3) is 0.667. The normalized spacial score (nSPS) is 21.6. The maximum atomic E-state index is 5.67. The SMILES string of the molecule is CN=C(NCC1(c2ccccc2OC)CCCC1)N(C)CC1CCOC1.I. The highest BCUT2D eigenvalue weighted by atomic mass is 127. The molecule has 1 aromatic rings. The fourth-order valence-electron chi connectivity index (χ4n) is 4.51. The van der Waals surface area contributed by atoms with E-state index in [1.807, 2.05) is 7.05 Å². The maximum Gasteiger partial charge on any atom is 0.193 e. The van der Waals surface area contributed by atoms with E-state index in [0.717, 1.165) is 44.4 Å². The summed E-state index contributed by atoms with van der Waals surface area (Å²) in [5.74, 6) is 2.58. The largest absolute Gasteiger partial charge is 0.496 e. The van der Waals surface area contributed by atoms with Gasteiger partial charge in [0.25, 0.3) is 0 Å². The van der Waals surface area contributed by atoms with Crippen molar-refractivity contribution in [1.29, 1.82) is 0 Å². The van der Waals surface area contributed by atoms with E-state index in [1.54, 1.807) is 7.11 Å². The van der Waals surface area contributed by atoms with Crippen LogP contribution in [0.2, 0.25) is 0 Å². The highest BCUT2D eigenvalue weighted by molar-refractivity contribution is 14.0. The van der Waals surface area contributed by atoms with Crippen LogP contribution in [0.4, 0.5) is 0 Å². The van der Waals surface area contributed by atoms with E-state index in [4.69, 9.17) is 9.47 Å². The Hall–Kier alpha value is -1.02. The molecule has 0 spiro atoms. The van der Waals surface area contributed by atoms with Gasteiger partial charge in [-0.2, -0.15) is 0 Å². The summed E-state index contributed by atoms with van der Waals surface area (Å²) in [5, 5.41) is 3.66. The van der Waals surface area contributed by atoms with Gasteiger partial charge in [-0.3, -0.25) is 4.99 Å². The Bertz CT molecular complexity index is 611. The van der Waals surface area contributed by atoms with Gasteiger partial charge in [0.15, 0.2) is 5.96 Å². The number of hydrogen-bond donors (Lipinski definition) is 1. The molecule has 1 aliphatic carbocycles. The fourth-order valence-corrected chi connectivity index (χ4v) is 4.51. The molecule has 1 atom stereocenters. The first-order valence-electron chi connectivity index (χ1n) is 9.81. The average molecular weight is 487 g/mol. The van der Waals surface area contributed by atoms with Crippen molar-refractivity contribution in [2.45, 2.75) is 37.5 Å². The van der Waals surface area contributed by atoms with Crippen LogP contribution < -0.4 is 10.1 Å². The number of halogens is 1. The number of nitrogens with zero attached hydrogens (tertiary/aromatic N) is 2. The van der Waals surface area contributed by atoms with Gasteiger partial charge in [0.2, 0.25) is 0 Å². The summed E-state index contributed by atoms with van der Waals surface area (Å²) >= 11 is 0. The summed E-state index contributed by atoms with van der Waals surface area (Å²) in [6, 6.07) is 8.48. The molecular weight excluding hydrogens is 453 g/mol. The summed E-state index contributed by atoms with van der Waals surface area (Å²) in [6.45, 7) is 3.64. The monoisotopic (exact) mass is 487 g/mol. The number of rotatable bonds is 6. The van der Waals surface area contributed by atoms with Crippen LogP contribution in [0.5, 0.6) is 5.75 Å². The highest BCUT2D eigenvalue weighted by Crippen LogP contribution is 2.44.